The summed E-state index contributed by atoms with van der Waals surface area (Å²) in [5.74, 6) is 1.92. The summed E-state index contributed by atoms with van der Waals surface area (Å²) in [6.07, 6.45) is 12.6. The summed E-state index contributed by atoms with van der Waals surface area (Å²) in [4.78, 5) is 20.2. The summed E-state index contributed by atoms with van der Waals surface area (Å²) in [7, 11) is 0. The zero-order valence-electron chi connectivity index (χ0n) is 18.5. The molecule has 1 aromatic heterocycles. The molecule has 2 fully saturated rings. The Hall–Kier alpha value is -1.27. The van der Waals surface area contributed by atoms with Crippen molar-refractivity contribution in [3.05, 3.63) is 12.2 Å². The fourth-order valence-electron chi connectivity index (χ4n) is 5.02. The van der Waals surface area contributed by atoms with Crippen LogP contribution in [0.4, 0.5) is 5.95 Å². The first-order valence-corrected chi connectivity index (χ1v) is 11.2. The summed E-state index contributed by atoms with van der Waals surface area (Å²) < 4.78 is 0. The van der Waals surface area contributed by atoms with Crippen LogP contribution in [0.5, 0.6) is 0 Å². The average molecular weight is 390 g/mol. The van der Waals surface area contributed by atoms with Crippen LogP contribution in [0, 0.1) is 0 Å². The lowest BCUT2D eigenvalue weighted by atomic mass is 9.75. The number of hydroxylamine groups is 2. The smallest absolute Gasteiger partial charge is 0.225 e. The van der Waals surface area contributed by atoms with Gasteiger partial charge >= 0.3 is 0 Å². The van der Waals surface area contributed by atoms with E-state index in [1.54, 1.807) is 6.33 Å². The first kappa shape index (κ1) is 21.4. The van der Waals surface area contributed by atoms with Crippen molar-refractivity contribution in [3.8, 4) is 0 Å². The minimum Gasteiger partial charge on any atom is -0.354 e. The molecule has 0 atom stereocenters. The first-order valence-electron chi connectivity index (χ1n) is 11.2. The van der Waals surface area contributed by atoms with Gasteiger partial charge in [-0.15, -0.1) is 0 Å². The Morgan fingerprint density at radius 1 is 1.07 bits per heavy atom. The van der Waals surface area contributed by atoms with Crippen molar-refractivity contribution in [3.63, 3.8) is 0 Å². The van der Waals surface area contributed by atoms with Crippen LogP contribution in [0.1, 0.15) is 104 Å². The molecule has 0 spiro atoms. The molecule has 6 nitrogen and oxygen atoms in total. The van der Waals surface area contributed by atoms with Crippen molar-refractivity contribution in [2.24, 2.45) is 0 Å². The van der Waals surface area contributed by atoms with Gasteiger partial charge in [0.2, 0.25) is 5.95 Å². The standard InChI is InChI=1S/C22H39N5O/c1-6-7-13-23-20-25-16-24-19(26-20)17-14-21(2,3)27(22(4,5)15-17)28-18-11-9-8-10-12-18/h16-18H,6-15H2,1-5H3,(H,23,24,25,26). The molecule has 1 N–H and O–H groups in total. The number of aromatic nitrogens is 3. The Bertz CT molecular complexity index is 609. The first-order chi connectivity index (χ1) is 13.3. The van der Waals surface area contributed by atoms with E-state index in [4.69, 9.17) is 9.82 Å². The molecule has 0 unspecified atom stereocenters. The van der Waals surface area contributed by atoms with Crippen LogP contribution in [0.25, 0.3) is 0 Å². The van der Waals surface area contributed by atoms with E-state index < -0.39 is 0 Å². The number of rotatable bonds is 7. The second-order valence-electron chi connectivity index (χ2n) is 9.84. The third-order valence-corrected chi connectivity index (χ3v) is 6.17. The maximum Gasteiger partial charge on any atom is 0.225 e. The van der Waals surface area contributed by atoms with E-state index in [1.165, 1.54) is 32.1 Å². The van der Waals surface area contributed by atoms with E-state index in [-0.39, 0.29) is 11.1 Å². The van der Waals surface area contributed by atoms with Crippen LogP contribution in [0.3, 0.4) is 0 Å². The highest BCUT2D eigenvalue weighted by atomic mass is 16.7. The molecule has 2 heterocycles. The number of piperidine rings is 1. The van der Waals surface area contributed by atoms with Crippen LogP contribution < -0.4 is 5.32 Å². The van der Waals surface area contributed by atoms with Gasteiger partial charge in [0.15, 0.2) is 0 Å². The number of unbranched alkanes of at least 4 members (excludes halogenated alkanes) is 1. The van der Waals surface area contributed by atoms with E-state index in [1.807, 2.05) is 0 Å². The molecule has 0 bridgehead atoms. The molecule has 1 aliphatic heterocycles. The molecule has 0 radical (unpaired) electrons. The fraction of sp³-hybridized carbons (Fsp3) is 0.864. The minimum atomic E-state index is -0.0632. The molecule has 0 amide bonds. The Labute approximate surface area is 170 Å². The number of hydrogen-bond donors (Lipinski definition) is 1. The molecule has 3 rings (SSSR count). The summed E-state index contributed by atoms with van der Waals surface area (Å²) in [5, 5.41) is 5.63. The molecule has 1 aliphatic carbocycles. The maximum absolute atomic E-state index is 6.60. The summed E-state index contributed by atoms with van der Waals surface area (Å²) in [6, 6.07) is 0. The number of nitrogens with zero attached hydrogens (tertiary/aromatic N) is 4. The van der Waals surface area contributed by atoms with Crippen molar-refractivity contribution in [2.75, 3.05) is 11.9 Å². The lowest BCUT2D eigenvalue weighted by Crippen LogP contribution is -2.61. The zero-order valence-corrected chi connectivity index (χ0v) is 18.5. The minimum absolute atomic E-state index is 0.0632. The lowest BCUT2D eigenvalue weighted by Gasteiger charge is -2.54. The summed E-state index contributed by atoms with van der Waals surface area (Å²) in [6.45, 7) is 12.3. The monoisotopic (exact) mass is 389 g/mol. The van der Waals surface area contributed by atoms with E-state index in [2.05, 4.69) is 55.0 Å². The number of hydrogen-bond acceptors (Lipinski definition) is 6. The summed E-state index contributed by atoms with van der Waals surface area (Å²) >= 11 is 0. The van der Waals surface area contributed by atoms with Crippen LogP contribution in [0.15, 0.2) is 6.33 Å². The largest absolute Gasteiger partial charge is 0.354 e. The predicted molar refractivity (Wildman–Crippen MR) is 113 cm³/mol. The molecular weight excluding hydrogens is 350 g/mol. The normalized spacial score (nSPS) is 23.6. The number of anilines is 1. The number of nitrogens with one attached hydrogen (secondary N) is 1. The molecule has 1 aromatic rings. The third-order valence-electron chi connectivity index (χ3n) is 6.17. The maximum atomic E-state index is 6.60. The second kappa shape index (κ2) is 9.04. The topological polar surface area (TPSA) is 63.2 Å². The van der Waals surface area contributed by atoms with Crippen molar-refractivity contribution in [1.82, 2.24) is 20.0 Å². The van der Waals surface area contributed by atoms with E-state index in [0.29, 0.717) is 18.0 Å². The van der Waals surface area contributed by atoms with Crippen LogP contribution >= 0.6 is 0 Å². The van der Waals surface area contributed by atoms with Gasteiger partial charge in [0.05, 0.1) is 6.10 Å². The highest BCUT2D eigenvalue weighted by molar-refractivity contribution is 5.23. The van der Waals surface area contributed by atoms with Crippen molar-refractivity contribution >= 4 is 5.95 Å². The van der Waals surface area contributed by atoms with Gasteiger partial charge in [-0.1, -0.05) is 32.6 Å². The van der Waals surface area contributed by atoms with Gasteiger partial charge in [-0.3, -0.25) is 4.84 Å². The third kappa shape index (κ3) is 5.20. The molecule has 2 aliphatic rings. The van der Waals surface area contributed by atoms with Crippen LogP contribution in [-0.4, -0.2) is 43.7 Å². The van der Waals surface area contributed by atoms with Gasteiger partial charge in [0.25, 0.3) is 0 Å². The van der Waals surface area contributed by atoms with Crippen molar-refractivity contribution in [1.29, 1.82) is 0 Å². The Kier molecular flexibility index (Phi) is 6.92. The second-order valence-corrected chi connectivity index (χ2v) is 9.84. The fourth-order valence-corrected chi connectivity index (χ4v) is 5.02. The Morgan fingerprint density at radius 3 is 2.39 bits per heavy atom. The SMILES string of the molecule is CCCCNc1ncnc(C2CC(C)(C)N(OC3CCCCC3)C(C)(C)C2)n1. The molecule has 158 valence electrons. The van der Waals surface area contributed by atoms with Crippen molar-refractivity contribution < 1.29 is 4.84 Å². The van der Waals surface area contributed by atoms with E-state index in [9.17, 15) is 0 Å². The van der Waals surface area contributed by atoms with Crippen LogP contribution in [-0.2, 0) is 4.84 Å². The van der Waals surface area contributed by atoms with E-state index in [0.717, 1.165) is 38.1 Å². The zero-order chi connectivity index (χ0) is 20.2. The van der Waals surface area contributed by atoms with Gasteiger partial charge in [0, 0.05) is 23.5 Å². The molecule has 1 saturated carbocycles. The molecule has 6 heteroatoms. The molecule has 28 heavy (non-hydrogen) atoms. The highest BCUT2D eigenvalue weighted by Crippen LogP contribution is 2.45. The predicted octanol–water partition coefficient (Wildman–Crippen LogP) is 5.08. The van der Waals surface area contributed by atoms with Crippen molar-refractivity contribution in [2.45, 2.75) is 116 Å². The Balaban J connectivity index is 1.71. The van der Waals surface area contributed by atoms with E-state index >= 15 is 0 Å². The van der Waals surface area contributed by atoms with Gasteiger partial charge in [0.1, 0.15) is 12.2 Å². The van der Waals surface area contributed by atoms with Gasteiger partial charge in [-0.05, 0) is 59.8 Å². The molecule has 1 saturated heterocycles. The van der Waals surface area contributed by atoms with Gasteiger partial charge in [-0.2, -0.15) is 10.0 Å². The summed E-state index contributed by atoms with van der Waals surface area (Å²) in [5.41, 5.74) is -0.126. The molecular formula is C22H39N5O. The average Bonchev–Trinajstić information content (AvgIpc) is 2.65. The lowest BCUT2D eigenvalue weighted by molar-refractivity contribution is -0.310. The van der Waals surface area contributed by atoms with Gasteiger partial charge in [-0.25, -0.2) is 9.97 Å². The Morgan fingerprint density at radius 2 is 1.75 bits per heavy atom. The highest BCUT2D eigenvalue weighted by Gasteiger charge is 2.48. The quantitative estimate of drug-likeness (QED) is 0.656. The molecule has 0 aromatic carbocycles. The van der Waals surface area contributed by atoms with Gasteiger partial charge < -0.3 is 5.32 Å². The van der Waals surface area contributed by atoms with Crippen LogP contribution in [0.2, 0.25) is 0 Å².